The minimum Gasteiger partial charge on any atom is -0.352 e. The Hall–Kier alpha value is -3.92. The first-order valence-corrected chi connectivity index (χ1v) is 11.0. The topological polar surface area (TPSA) is 108 Å². The van der Waals surface area contributed by atoms with Gasteiger partial charge in [0.15, 0.2) is 5.82 Å². The lowest BCUT2D eigenvalue weighted by molar-refractivity contribution is -0.123. The molecule has 174 valence electrons. The summed E-state index contributed by atoms with van der Waals surface area (Å²) in [6.45, 7) is 0.288. The smallest absolute Gasteiger partial charge is 0.327 e. The van der Waals surface area contributed by atoms with E-state index in [0.717, 1.165) is 11.3 Å². The van der Waals surface area contributed by atoms with Crippen LogP contribution in [0.2, 0.25) is 5.02 Å². The van der Waals surface area contributed by atoms with E-state index in [4.69, 9.17) is 11.6 Å². The molecular formula is C23H20ClFN6O3. The Balaban J connectivity index is 1.60. The predicted octanol–water partition coefficient (Wildman–Crippen LogP) is 2.85. The van der Waals surface area contributed by atoms with Gasteiger partial charge in [-0.3, -0.25) is 19.8 Å². The number of carbonyl (C=O) groups excluding carboxylic acids is 3. The molecule has 3 N–H and O–H groups in total. The summed E-state index contributed by atoms with van der Waals surface area (Å²) in [7, 11) is 1.44. The number of urea groups is 1. The standard InChI is InChI=1S/C23H20ClFN6O3/c1-26-22(33)21-28-20(29-23(34)30-9-8-12-4-2-3-5-16(12)30)19-18(27-17(32)11-31(19)21)14-10-13(25)6-7-15(14)24/h2-7,10,18H,8-9,11H2,1H3,(H,26,33)(H,27,32)(H,29,34). The summed E-state index contributed by atoms with van der Waals surface area (Å²) in [5, 5.41) is 8.28. The second-order valence-corrected chi connectivity index (χ2v) is 8.37. The molecule has 5 rings (SSSR count). The van der Waals surface area contributed by atoms with Crippen LogP contribution in [0.5, 0.6) is 0 Å². The lowest BCUT2D eigenvalue weighted by atomic mass is 10.0. The molecule has 3 aromatic rings. The van der Waals surface area contributed by atoms with Gasteiger partial charge in [0.25, 0.3) is 5.91 Å². The predicted molar refractivity (Wildman–Crippen MR) is 124 cm³/mol. The van der Waals surface area contributed by atoms with Crippen molar-refractivity contribution in [2.24, 2.45) is 0 Å². The maximum absolute atomic E-state index is 14.1. The second-order valence-electron chi connectivity index (χ2n) is 7.96. The van der Waals surface area contributed by atoms with Gasteiger partial charge < -0.3 is 15.2 Å². The van der Waals surface area contributed by atoms with E-state index in [0.29, 0.717) is 18.7 Å². The molecule has 0 aliphatic carbocycles. The van der Waals surface area contributed by atoms with Crippen molar-refractivity contribution < 1.29 is 18.8 Å². The summed E-state index contributed by atoms with van der Waals surface area (Å²) in [4.78, 5) is 44.2. The molecule has 2 aliphatic heterocycles. The van der Waals surface area contributed by atoms with Crippen molar-refractivity contribution in [2.75, 3.05) is 23.8 Å². The molecule has 3 heterocycles. The number of carbonyl (C=O) groups is 3. The second kappa shape index (κ2) is 8.45. The number of anilines is 2. The van der Waals surface area contributed by atoms with Gasteiger partial charge in [-0.05, 0) is 36.2 Å². The maximum atomic E-state index is 14.1. The molecule has 0 saturated heterocycles. The average Bonchev–Trinajstić information content (AvgIpc) is 3.41. The molecule has 0 bridgehead atoms. The normalized spacial score (nSPS) is 16.5. The number of aromatic nitrogens is 2. The maximum Gasteiger partial charge on any atom is 0.327 e. The van der Waals surface area contributed by atoms with Gasteiger partial charge in [0.05, 0.1) is 11.7 Å². The Bertz CT molecular complexity index is 1340. The van der Waals surface area contributed by atoms with Gasteiger partial charge in [-0.2, -0.15) is 0 Å². The Kier molecular flexibility index (Phi) is 5.45. The van der Waals surface area contributed by atoms with E-state index in [1.807, 2.05) is 24.3 Å². The van der Waals surface area contributed by atoms with Gasteiger partial charge in [-0.25, -0.2) is 14.2 Å². The highest BCUT2D eigenvalue weighted by Crippen LogP contribution is 2.36. The number of benzene rings is 2. The zero-order valence-electron chi connectivity index (χ0n) is 18.1. The molecule has 1 unspecified atom stereocenters. The molecule has 0 saturated carbocycles. The van der Waals surface area contributed by atoms with Gasteiger partial charge in [-0.1, -0.05) is 29.8 Å². The van der Waals surface area contributed by atoms with Crippen LogP contribution < -0.4 is 20.9 Å². The molecular weight excluding hydrogens is 463 g/mol. The van der Waals surface area contributed by atoms with Gasteiger partial charge in [0.2, 0.25) is 11.7 Å². The molecule has 4 amide bonds. The van der Waals surface area contributed by atoms with E-state index in [-0.39, 0.29) is 28.8 Å². The third-order valence-electron chi connectivity index (χ3n) is 5.94. The molecule has 34 heavy (non-hydrogen) atoms. The van der Waals surface area contributed by atoms with E-state index < -0.39 is 29.7 Å². The SMILES string of the molecule is CNC(=O)c1nc(NC(=O)N2CCc3ccccc32)c2n1CC(=O)NC2c1cc(F)ccc1Cl. The minimum atomic E-state index is -0.934. The summed E-state index contributed by atoms with van der Waals surface area (Å²) in [5.74, 6) is -1.46. The van der Waals surface area contributed by atoms with Crippen LogP contribution in [0, 0.1) is 5.82 Å². The highest BCUT2D eigenvalue weighted by Gasteiger charge is 2.36. The number of imidazole rings is 1. The zero-order valence-corrected chi connectivity index (χ0v) is 18.8. The number of halogens is 2. The molecule has 0 fully saturated rings. The first-order valence-electron chi connectivity index (χ1n) is 10.6. The summed E-state index contributed by atoms with van der Waals surface area (Å²) in [6.07, 6.45) is 0.714. The number of amides is 4. The Morgan fingerprint density at radius 3 is 2.82 bits per heavy atom. The molecule has 9 nitrogen and oxygen atoms in total. The first kappa shape index (κ1) is 21.9. The van der Waals surface area contributed by atoms with Crippen LogP contribution in [0.1, 0.15) is 33.5 Å². The number of hydrogen-bond acceptors (Lipinski definition) is 4. The Morgan fingerprint density at radius 1 is 1.24 bits per heavy atom. The number of fused-ring (bicyclic) bond motifs is 2. The molecule has 2 aromatic carbocycles. The van der Waals surface area contributed by atoms with Crippen molar-refractivity contribution in [1.82, 2.24) is 20.2 Å². The fraction of sp³-hybridized carbons (Fsp3) is 0.217. The van der Waals surface area contributed by atoms with Crippen molar-refractivity contribution in [3.63, 3.8) is 0 Å². The van der Waals surface area contributed by atoms with Crippen LogP contribution in [0.25, 0.3) is 0 Å². The third kappa shape index (κ3) is 3.65. The van der Waals surface area contributed by atoms with E-state index >= 15 is 0 Å². The fourth-order valence-corrected chi connectivity index (χ4v) is 4.62. The van der Waals surface area contributed by atoms with Crippen LogP contribution in [0.3, 0.4) is 0 Å². The summed E-state index contributed by atoms with van der Waals surface area (Å²) in [6, 6.07) is 10.0. The Morgan fingerprint density at radius 2 is 2.03 bits per heavy atom. The van der Waals surface area contributed by atoms with Crippen LogP contribution in [0.4, 0.5) is 20.7 Å². The van der Waals surface area contributed by atoms with Crippen LogP contribution in [0.15, 0.2) is 42.5 Å². The molecule has 0 spiro atoms. The Labute approximate surface area is 198 Å². The minimum absolute atomic E-state index is 0.0537. The first-order chi connectivity index (χ1) is 16.4. The molecule has 1 atom stereocenters. The van der Waals surface area contributed by atoms with Crippen molar-refractivity contribution in [2.45, 2.75) is 19.0 Å². The monoisotopic (exact) mass is 482 g/mol. The van der Waals surface area contributed by atoms with Crippen molar-refractivity contribution in [3.05, 3.63) is 75.9 Å². The third-order valence-corrected chi connectivity index (χ3v) is 6.29. The molecule has 1 aromatic heterocycles. The average molecular weight is 483 g/mol. The molecule has 2 aliphatic rings. The van der Waals surface area contributed by atoms with Gasteiger partial charge in [0.1, 0.15) is 12.4 Å². The zero-order chi connectivity index (χ0) is 24.0. The lowest BCUT2D eigenvalue weighted by Gasteiger charge is -2.28. The van der Waals surface area contributed by atoms with Crippen LogP contribution >= 0.6 is 11.6 Å². The number of hydrogen-bond donors (Lipinski definition) is 3. The van der Waals surface area contributed by atoms with Crippen molar-refractivity contribution in [1.29, 1.82) is 0 Å². The van der Waals surface area contributed by atoms with Crippen LogP contribution in [-0.2, 0) is 17.8 Å². The van der Waals surface area contributed by atoms with Crippen molar-refractivity contribution >= 4 is 41.0 Å². The van der Waals surface area contributed by atoms with E-state index in [1.165, 1.54) is 29.8 Å². The summed E-state index contributed by atoms with van der Waals surface area (Å²) < 4.78 is 15.5. The quantitative estimate of drug-likeness (QED) is 0.533. The van der Waals surface area contributed by atoms with E-state index in [9.17, 15) is 18.8 Å². The van der Waals surface area contributed by atoms with E-state index in [2.05, 4.69) is 20.9 Å². The van der Waals surface area contributed by atoms with Gasteiger partial charge in [0, 0.05) is 29.9 Å². The highest BCUT2D eigenvalue weighted by atomic mass is 35.5. The summed E-state index contributed by atoms with van der Waals surface area (Å²) in [5.41, 5.74) is 2.44. The largest absolute Gasteiger partial charge is 0.352 e. The number of nitrogens with one attached hydrogen (secondary N) is 3. The van der Waals surface area contributed by atoms with Gasteiger partial charge in [-0.15, -0.1) is 0 Å². The fourth-order valence-electron chi connectivity index (χ4n) is 4.39. The van der Waals surface area contributed by atoms with Crippen molar-refractivity contribution in [3.8, 4) is 0 Å². The molecule has 0 radical (unpaired) electrons. The number of para-hydroxylation sites is 1. The van der Waals surface area contributed by atoms with Gasteiger partial charge >= 0.3 is 6.03 Å². The van der Waals surface area contributed by atoms with Crippen LogP contribution in [-0.4, -0.2) is 41.0 Å². The highest BCUT2D eigenvalue weighted by molar-refractivity contribution is 6.31. The number of nitrogens with zero attached hydrogens (tertiary/aromatic N) is 3. The molecule has 11 heteroatoms. The number of rotatable bonds is 3. The summed E-state index contributed by atoms with van der Waals surface area (Å²) >= 11 is 6.34. The van der Waals surface area contributed by atoms with E-state index in [1.54, 1.807) is 4.90 Å². The lowest BCUT2D eigenvalue weighted by Crippen LogP contribution is -2.41.